The van der Waals surface area contributed by atoms with E-state index in [1.54, 1.807) is 6.07 Å². The van der Waals surface area contributed by atoms with Crippen molar-refractivity contribution in [3.8, 4) is 0 Å². The van der Waals surface area contributed by atoms with E-state index in [2.05, 4.69) is 15.5 Å². The van der Waals surface area contributed by atoms with Gasteiger partial charge in [0.15, 0.2) is 5.82 Å². The molecular weight excluding hydrogens is 454 g/mol. The van der Waals surface area contributed by atoms with E-state index in [9.17, 15) is 18.0 Å². The summed E-state index contributed by atoms with van der Waals surface area (Å²) in [5.41, 5.74) is -0.156. The van der Waals surface area contributed by atoms with Crippen LogP contribution in [0.1, 0.15) is 23.4 Å². The number of alkyl halides is 2. The summed E-state index contributed by atoms with van der Waals surface area (Å²) in [5.74, 6) is -1.09. The van der Waals surface area contributed by atoms with Crippen LogP contribution in [0.2, 0.25) is 15.1 Å². The van der Waals surface area contributed by atoms with Gasteiger partial charge in [-0.2, -0.15) is 10.2 Å². The first-order chi connectivity index (χ1) is 13.7. The maximum Gasteiger partial charge on any atom is 0.283 e. The number of rotatable bonds is 6. The third kappa shape index (κ3) is 4.68. The molecule has 0 saturated heterocycles. The van der Waals surface area contributed by atoms with Crippen LogP contribution in [0, 0.1) is 12.7 Å². The molecule has 0 fully saturated rings. The summed E-state index contributed by atoms with van der Waals surface area (Å²) in [6.07, 6.45) is -1.47. The fourth-order valence-corrected chi connectivity index (χ4v) is 3.20. The van der Waals surface area contributed by atoms with Crippen molar-refractivity contribution in [2.45, 2.75) is 26.4 Å². The lowest BCUT2D eigenvalue weighted by atomic mass is 10.2. The first-order valence-corrected chi connectivity index (χ1v) is 9.27. The van der Waals surface area contributed by atoms with E-state index >= 15 is 0 Å². The highest BCUT2D eigenvalue weighted by atomic mass is 35.5. The summed E-state index contributed by atoms with van der Waals surface area (Å²) in [5, 5.41) is 10.3. The zero-order valence-electron chi connectivity index (χ0n) is 14.8. The molecule has 3 rings (SSSR count). The van der Waals surface area contributed by atoms with Crippen molar-refractivity contribution in [2.24, 2.45) is 0 Å². The molecular formula is C17H13Cl3F3N5O. The van der Waals surface area contributed by atoms with Gasteiger partial charge in [-0.25, -0.2) is 13.2 Å². The minimum absolute atomic E-state index is 0.00722. The largest absolute Gasteiger partial charge is 0.306 e. The van der Waals surface area contributed by atoms with Gasteiger partial charge in [0.25, 0.3) is 6.43 Å². The molecule has 1 N–H and O–H groups in total. The molecule has 1 amide bonds. The lowest BCUT2D eigenvalue weighted by Crippen LogP contribution is -2.21. The number of hydrogen-bond acceptors (Lipinski definition) is 3. The molecule has 2 heterocycles. The molecule has 2 aromatic heterocycles. The fraction of sp³-hybridized carbons (Fsp3) is 0.235. The number of nitrogens with zero attached hydrogens (tertiary/aromatic N) is 4. The van der Waals surface area contributed by atoms with Gasteiger partial charge in [0.1, 0.15) is 23.1 Å². The third-order valence-corrected chi connectivity index (χ3v) is 5.11. The second-order valence-electron chi connectivity index (χ2n) is 6.01. The van der Waals surface area contributed by atoms with Crippen LogP contribution in [0.3, 0.4) is 0 Å². The van der Waals surface area contributed by atoms with Gasteiger partial charge < -0.3 is 5.32 Å². The minimum Gasteiger partial charge on any atom is -0.306 e. The average molecular weight is 467 g/mol. The standard InChI is InChI=1S/C17H13Cl3F3N5O/c1-8-14(20)15(16(22)23)25-28(8)7-13(29)24-17-11(19)6-27(26-17)5-9-10(18)3-2-4-12(9)21/h2-4,6,16H,5,7H2,1H3,(H,24,26,29). The normalized spacial score (nSPS) is 11.3. The van der Waals surface area contributed by atoms with Crippen LogP contribution in [0.25, 0.3) is 0 Å². The van der Waals surface area contributed by atoms with Gasteiger partial charge in [0.2, 0.25) is 5.91 Å². The zero-order chi connectivity index (χ0) is 21.3. The smallest absolute Gasteiger partial charge is 0.283 e. The van der Waals surface area contributed by atoms with E-state index in [0.29, 0.717) is 0 Å². The molecule has 0 aliphatic carbocycles. The molecule has 6 nitrogen and oxygen atoms in total. The number of amides is 1. The van der Waals surface area contributed by atoms with Crippen molar-refractivity contribution in [3.05, 3.63) is 62.2 Å². The van der Waals surface area contributed by atoms with Crippen molar-refractivity contribution in [1.29, 1.82) is 0 Å². The van der Waals surface area contributed by atoms with Crippen LogP contribution in [0.15, 0.2) is 24.4 Å². The van der Waals surface area contributed by atoms with E-state index in [1.807, 2.05) is 0 Å². The number of carbonyl (C=O) groups excluding carboxylic acids is 1. The molecule has 0 radical (unpaired) electrons. The number of aromatic nitrogens is 4. The Morgan fingerprint density at radius 3 is 2.55 bits per heavy atom. The molecule has 3 aromatic rings. The van der Waals surface area contributed by atoms with Crippen LogP contribution in [-0.4, -0.2) is 25.5 Å². The highest BCUT2D eigenvalue weighted by molar-refractivity contribution is 6.33. The van der Waals surface area contributed by atoms with Crippen molar-refractivity contribution < 1.29 is 18.0 Å². The first-order valence-electron chi connectivity index (χ1n) is 8.14. The highest BCUT2D eigenvalue weighted by Gasteiger charge is 2.22. The second kappa shape index (κ2) is 8.64. The zero-order valence-corrected chi connectivity index (χ0v) is 17.0. The van der Waals surface area contributed by atoms with Crippen molar-refractivity contribution in [3.63, 3.8) is 0 Å². The van der Waals surface area contributed by atoms with Gasteiger partial charge >= 0.3 is 0 Å². The lowest BCUT2D eigenvalue weighted by molar-refractivity contribution is -0.117. The lowest BCUT2D eigenvalue weighted by Gasteiger charge is -2.06. The number of benzene rings is 1. The number of halogens is 6. The van der Waals surface area contributed by atoms with Gasteiger partial charge in [-0.15, -0.1) is 0 Å². The van der Waals surface area contributed by atoms with E-state index in [0.717, 1.165) is 4.68 Å². The predicted molar refractivity (Wildman–Crippen MR) is 103 cm³/mol. The van der Waals surface area contributed by atoms with Crippen LogP contribution < -0.4 is 5.32 Å². The maximum absolute atomic E-state index is 13.9. The summed E-state index contributed by atoms with van der Waals surface area (Å²) in [6, 6.07) is 4.28. The van der Waals surface area contributed by atoms with Crippen LogP contribution in [-0.2, 0) is 17.9 Å². The molecule has 12 heteroatoms. The molecule has 0 spiro atoms. The van der Waals surface area contributed by atoms with Crippen LogP contribution in [0.5, 0.6) is 0 Å². The fourth-order valence-electron chi connectivity index (χ4n) is 2.56. The Kier molecular flexibility index (Phi) is 6.40. The van der Waals surface area contributed by atoms with Gasteiger partial charge in [0.05, 0.1) is 17.3 Å². The molecule has 0 aliphatic heterocycles. The molecule has 0 unspecified atom stereocenters. The molecule has 0 saturated carbocycles. The van der Waals surface area contributed by atoms with E-state index in [1.165, 1.54) is 29.9 Å². The quantitative estimate of drug-likeness (QED) is 0.549. The van der Waals surface area contributed by atoms with Crippen molar-refractivity contribution in [1.82, 2.24) is 19.6 Å². The second-order valence-corrected chi connectivity index (χ2v) is 7.21. The van der Waals surface area contributed by atoms with E-state index < -0.39 is 23.8 Å². The SMILES string of the molecule is Cc1c(Cl)c(C(F)F)nn1CC(=O)Nc1nn(Cc2c(F)cccc2Cl)cc1Cl. The average Bonchev–Trinajstić information content (AvgIpc) is 3.12. The highest BCUT2D eigenvalue weighted by Crippen LogP contribution is 2.29. The number of hydrogen-bond donors (Lipinski definition) is 1. The Hall–Kier alpha value is -2.23. The third-order valence-electron chi connectivity index (χ3n) is 4.01. The minimum atomic E-state index is -2.86. The summed E-state index contributed by atoms with van der Waals surface area (Å²) in [4.78, 5) is 12.3. The molecule has 29 heavy (non-hydrogen) atoms. The molecule has 1 aromatic carbocycles. The summed E-state index contributed by atoms with van der Waals surface area (Å²) in [6.45, 7) is 1.08. The molecule has 154 valence electrons. The Labute approximate surface area is 178 Å². The van der Waals surface area contributed by atoms with Gasteiger partial charge in [-0.1, -0.05) is 40.9 Å². The first kappa shape index (κ1) is 21.5. The Bertz CT molecular complexity index is 1050. The van der Waals surface area contributed by atoms with E-state index in [-0.39, 0.29) is 45.2 Å². The molecule has 0 bridgehead atoms. The summed E-state index contributed by atoms with van der Waals surface area (Å²) in [7, 11) is 0. The van der Waals surface area contributed by atoms with Crippen molar-refractivity contribution in [2.75, 3.05) is 5.32 Å². The molecule has 0 atom stereocenters. The van der Waals surface area contributed by atoms with E-state index in [4.69, 9.17) is 34.8 Å². The molecule has 0 aliphatic rings. The van der Waals surface area contributed by atoms with Gasteiger partial charge in [-0.3, -0.25) is 14.2 Å². The Balaban J connectivity index is 1.73. The topological polar surface area (TPSA) is 64.7 Å². The van der Waals surface area contributed by atoms with Gasteiger partial charge in [-0.05, 0) is 19.1 Å². The van der Waals surface area contributed by atoms with Crippen LogP contribution in [0.4, 0.5) is 19.0 Å². The van der Waals surface area contributed by atoms with Gasteiger partial charge in [0, 0.05) is 16.8 Å². The Morgan fingerprint density at radius 2 is 1.93 bits per heavy atom. The summed E-state index contributed by atoms with van der Waals surface area (Å²) >= 11 is 17.9. The summed E-state index contributed by atoms with van der Waals surface area (Å²) < 4.78 is 42.0. The predicted octanol–water partition coefficient (Wildman–Crippen LogP) is 5.11. The number of carbonyl (C=O) groups is 1. The maximum atomic E-state index is 13.9. The number of anilines is 1. The number of nitrogens with one attached hydrogen (secondary N) is 1. The monoisotopic (exact) mass is 465 g/mol. The van der Waals surface area contributed by atoms with Crippen LogP contribution >= 0.6 is 34.8 Å². The van der Waals surface area contributed by atoms with Crippen molar-refractivity contribution >= 4 is 46.5 Å². The Morgan fingerprint density at radius 1 is 1.21 bits per heavy atom.